The maximum absolute atomic E-state index is 11.8. The van der Waals surface area contributed by atoms with E-state index in [9.17, 15) is 9.59 Å². The molecule has 1 amide bonds. The highest BCUT2D eigenvalue weighted by molar-refractivity contribution is 5.82. The highest BCUT2D eigenvalue weighted by Crippen LogP contribution is 2.03. The highest BCUT2D eigenvalue weighted by atomic mass is 16.4. The van der Waals surface area contributed by atoms with Crippen molar-refractivity contribution >= 4 is 11.9 Å². The van der Waals surface area contributed by atoms with Crippen LogP contribution in [0, 0.1) is 0 Å². The maximum Gasteiger partial charge on any atom is 0.303 e. The average Bonchev–Trinajstić information content (AvgIpc) is 2.53. The van der Waals surface area contributed by atoms with Gasteiger partial charge < -0.3 is 21.1 Å². The number of amides is 1. The topological polar surface area (TPSA) is 95.7 Å². The van der Waals surface area contributed by atoms with Crippen molar-refractivity contribution < 1.29 is 14.7 Å². The Hall–Kier alpha value is -1.14. The summed E-state index contributed by atoms with van der Waals surface area (Å²) in [4.78, 5) is 23.9. The monoisotopic (exact) mass is 229 g/mol. The Morgan fingerprint density at radius 3 is 2.81 bits per heavy atom. The lowest BCUT2D eigenvalue weighted by atomic mass is 10.1. The molecule has 0 aromatic heterocycles. The number of nitrogens with two attached hydrogens (primary N) is 1. The van der Waals surface area contributed by atoms with E-state index in [2.05, 4.69) is 5.32 Å². The largest absolute Gasteiger partial charge is 0.481 e. The Bertz CT molecular complexity index is 250. The van der Waals surface area contributed by atoms with Gasteiger partial charge in [0.2, 0.25) is 5.91 Å². The van der Waals surface area contributed by atoms with Crippen LogP contribution in [0.15, 0.2) is 0 Å². The first-order valence-corrected chi connectivity index (χ1v) is 5.58. The van der Waals surface area contributed by atoms with E-state index >= 15 is 0 Å². The molecule has 92 valence electrons. The number of carboxylic acids is 1. The van der Waals surface area contributed by atoms with Gasteiger partial charge >= 0.3 is 5.97 Å². The predicted molar refractivity (Wildman–Crippen MR) is 58.9 cm³/mol. The SMILES string of the molecule is NC(CCC(=O)O)C(=O)N1CCCNCC1. The van der Waals surface area contributed by atoms with E-state index in [-0.39, 0.29) is 18.7 Å². The summed E-state index contributed by atoms with van der Waals surface area (Å²) >= 11 is 0. The number of carboxylic acid groups (broad SMARTS) is 1. The number of nitrogens with one attached hydrogen (secondary N) is 1. The van der Waals surface area contributed by atoms with Gasteiger partial charge in [0, 0.05) is 26.1 Å². The summed E-state index contributed by atoms with van der Waals surface area (Å²) in [5.41, 5.74) is 5.67. The van der Waals surface area contributed by atoms with E-state index < -0.39 is 12.0 Å². The number of aliphatic carboxylic acids is 1. The third kappa shape index (κ3) is 4.16. The van der Waals surface area contributed by atoms with Crippen molar-refractivity contribution in [1.82, 2.24) is 10.2 Å². The van der Waals surface area contributed by atoms with Gasteiger partial charge in [-0.15, -0.1) is 0 Å². The molecule has 0 bridgehead atoms. The van der Waals surface area contributed by atoms with Crippen LogP contribution in [0.5, 0.6) is 0 Å². The third-order valence-corrected chi connectivity index (χ3v) is 2.64. The van der Waals surface area contributed by atoms with Gasteiger partial charge in [0.05, 0.1) is 6.04 Å². The van der Waals surface area contributed by atoms with Crippen molar-refractivity contribution in [1.29, 1.82) is 0 Å². The van der Waals surface area contributed by atoms with E-state index in [0.717, 1.165) is 19.5 Å². The van der Waals surface area contributed by atoms with Crippen LogP contribution in [-0.4, -0.2) is 54.1 Å². The number of carbonyl (C=O) groups excluding carboxylic acids is 1. The zero-order valence-corrected chi connectivity index (χ0v) is 9.32. The first-order valence-electron chi connectivity index (χ1n) is 5.58. The van der Waals surface area contributed by atoms with Crippen molar-refractivity contribution in [3.63, 3.8) is 0 Å². The summed E-state index contributed by atoms with van der Waals surface area (Å²) in [6.45, 7) is 3.04. The molecule has 0 spiro atoms. The minimum Gasteiger partial charge on any atom is -0.481 e. The van der Waals surface area contributed by atoms with Gasteiger partial charge in [0.1, 0.15) is 0 Å². The van der Waals surface area contributed by atoms with Crippen molar-refractivity contribution in [3.8, 4) is 0 Å². The van der Waals surface area contributed by atoms with Gasteiger partial charge in [-0.1, -0.05) is 0 Å². The second-order valence-corrected chi connectivity index (χ2v) is 3.97. The number of nitrogens with zero attached hydrogens (tertiary/aromatic N) is 1. The lowest BCUT2D eigenvalue weighted by Gasteiger charge is -2.23. The fourth-order valence-electron chi connectivity index (χ4n) is 1.70. The summed E-state index contributed by atoms with van der Waals surface area (Å²) in [6, 6.07) is -0.686. The Morgan fingerprint density at radius 1 is 1.38 bits per heavy atom. The molecule has 0 aliphatic carbocycles. The van der Waals surface area contributed by atoms with E-state index in [4.69, 9.17) is 10.8 Å². The summed E-state index contributed by atoms with van der Waals surface area (Å²) in [5.74, 6) is -1.05. The molecule has 6 heteroatoms. The fourth-order valence-corrected chi connectivity index (χ4v) is 1.70. The minimum atomic E-state index is -0.916. The van der Waals surface area contributed by atoms with Crippen LogP contribution in [0.25, 0.3) is 0 Å². The number of hydrogen-bond acceptors (Lipinski definition) is 4. The van der Waals surface area contributed by atoms with Crippen LogP contribution in [-0.2, 0) is 9.59 Å². The van der Waals surface area contributed by atoms with Crippen LogP contribution in [0.4, 0.5) is 0 Å². The lowest BCUT2D eigenvalue weighted by Crippen LogP contribution is -2.45. The van der Waals surface area contributed by atoms with Crippen molar-refractivity contribution in [3.05, 3.63) is 0 Å². The Labute approximate surface area is 94.8 Å². The molecule has 1 saturated heterocycles. The molecule has 16 heavy (non-hydrogen) atoms. The van der Waals surface area contributed by atoms with Gasteiger partial charge in [-0.3, -0.25) is 9.59 Å². The van der Waals surface area contributed by atoms with E-state index in [1.165, 1.54) is 0 Å². The van der Waals surface area contributed by atoms with Gasteiger partial charge in [0.15, 0.2) is 0 Å². The summed E-state index contributed by atoms with van der Waals surface area (Å²) < 4.78 is 0. The quantitative estimate of drug-likeness (QED) is 0.574. The van der Waals surface area contributed by atoms with E-state index in [0.29, 0.717) is 13.1 Å². The van der Waals surface area contributed by atoms with Crippen molar-refractivity contribution in [2.24, 2.45) is 5.73 Å². The van der Waals surface area contributed by atoms with Gasteiger partial charge in [-0.05, 0) is 19.4 Å². The third-order valence-electron chi connectivity index (χ3n) is 2.64. The zero-order chi connectivity index (χ0) is 12.0. The van der Waals surface area contributed by atoms with Crippen LogP contribution in [0.1, 0.15) is 19.3 Å². The summed E-state index contributed by atoms with van der Waals surface area (Å²) in [5, 5.41) is 11.7. The molecule has 1 fully saturated rings. The second kappa shape index (κ2) is 6.44. The molecule has 1 unspecified atom stereocenters. The molecule has 0 radical (unpaired) electrons. The van der Waals surface area contributed by atoms with E-state index in [1.54, 1.807) is 4.90 Å². The average molecular weight is 229 g/mol. The van der Waals surface area contributed by atoms with Crippen molar-refractivity contribution in [2.75, 3.05) is 26.2 Å². The molecule has 0 aromatic rings. The molecule has 1 atom stereocenters. The molecule has 4 N–H and O–H groups in total. The Balaban J connectivity index is 2.38. The standard InChI is InChI=1S/C10H19N3O3/c11-8(2-3-9(14)15)10(16)13-6-1-4-12-5-7-13/h8,12H,1-7,11H2,(H,14,15). The van der Waals surface area contributed by atoms with Crippen LogP contribution in [0.2, 0.25) is 0 Å². The maximum atomic E-state index is 11.8. The molecule has 1 rings (SSSR count). The molecule has 1 aliphatic heterocycles. The van der Waals surface area contributed by atoms with Gasteiger partial charge in [0.25, 0.3) is 0 Å². The molecular weight excluding hydrogens is 210 g/mol. The number of carbonyl (C=O) groups is 2. The summed E-state index contributed by atoms with van der Waals surface area (Å²) in [6.07, 6.45) is 1.06. The molecule has 0 aromatic carbocycles. The zero-order valence-electron chi connectivity index (χ0n) is 9.32. The first-order chi connectivity index (χ1) is 7.61. The second-order valence-electron chi connectivity index (χ2n) is 3.97. The fraction of sp³-hybridized carbons (Fsp3) is 0.800. The summed E-state index contributed by atoms with van der Waals surface area (Å²) in [7, 11) is 0. The molecule has 0 saturated carbocycles. The molecule has 6 nitrogen and oxygen atoms in total. The first kappa shape index (κ1) is 12.9. The highest BCUT2D eigenvalue weighted by Gasteiger charge is 2.21. The van der Waals surface area contributed by atoms with Gasteiger partial charge in [-0.25, -0.2) is 0 Å². The lowest BCUT2D eigenvalue weighted by molar-refractivity contribution is -0.137. The van der Waals surface area contributed by atoms with Crippen LogP contribution < -0.4 is 11.1 Å². The number of rotatable bonds is 4. The normalized spacial score (nSPS) is 18.9. The minimum absolute atomic E-state index is 0.0566. The van der Waals surface area contributed by atoms with Crippen LogP contribution >= 0.6 is 0 Å². The molecular formula is C10H19N3O3. The molecule has 1 aliphatic rings. The Morgan fingerprint density at radius 2 is 2.12 bits per heavy atom. The van der Waals surface area contributed by atoms with Crippen LogP contribution in [0.3, 0.4) is 0 Å². The van der Waals surface area contributed by atoms with Crippen molar-refractivity contribution in [2.45, 2.75) is 25.3 Å². The molecule has 1 heterocycles. The predicted octanol–water partition coefficient (Wildman–Crippen LogP) is -1.000. The smallest absolute Gasteiger partial charge is 0.303 e. The van der Waals surface area contributed by atoms with Gasteiger partial charge in [-0.2, -0.15) is 0 Å². The Kier molecular flexibility index (Phi) is 5.21. The van der Waals surface area contributed by atoms with E-state index in [1.807, 2.05) is 0 Å². The number of hydrogen-bond donors (Lipinski definition) is 3.